The van der Waals surface area contributed by atoms with Crippen LogP contribution in [-0.2, 0) is 14.8 Å². The summed E-state index contributed by atoms with van der Waals surface area (Å²) in [6.45, 7) is 0.387. The maximum Gasteiger partial charge on any atom is 0.240 e. The van der Waals surface area contributed by atoms with Gasteiger partial charge in [0.15, 0.2) is 0 Å². The Bertz CT molecular complexity index is 642. The van der Waals surface area contributed by atoms with Crippen LogP contribution in [0.1, 0.15) is 32.1 Å². The Labute approximate surface area is 143 Å². The van der Waals surface area contributed by atoms with E-state index in [9.17, 15) is 13.2 Å². The fourth-order valence-corrected chi connectivity index (χ4v) is 3.90. The van der Waals surface area contributed by atoms with E-state index >= 15 is 0 Å². The van der Waals surface area contributed by atoms with Crippen LogP contribution in [0.4, 0.5) is 5.69 Å². The Morgan fingerprint density at radius 1 is 1.30 bits per heavy atom. The number of benzene rings is 1. The number of rotatable bonds is 6. The number of amides is 1. The molecule has 1 aromatic rings. The zero-order valence-corrected chi connectivity index (χ0v) is 14.9. The van der Waals surface area contributed by atoms with Crippen LogP contribution in [-0.4, -0.2) is 33.7 Å². The summed E-state index contributed by atoms with van der Waals surface area (Å²) in [7, 11) is -3.56. The maximum absolute atomic E-state index is 12.2. The molecular weight excluding hydrogens is 336 g/mol. The molecule has 2 rings (SSSR count). The van der Waals surface area contributed by atoms with Crippen LogP contribution in [0.25, 0.3) is 0 Å². The summed E-state index contributed by atoms with van der Waals surface area (Å²) in [5.74, 6) is 0.214. The Balaban J connectivity index is 1.99. The van der Waals surface area contributed by atoms with Crippen LogP contribution in [0.15, 0.2) is 24.3 Å². The maximum atomic E-state index is 12.2. The molecule has 0 spiro atoms. The molecular formula is C16H23ClN2O3S. The van der Waals surface area contributed by atoms with Crippen molar-refractivity contribution < 1.29 is 13.2 Å². The van der Waals surface area contributed by atoms with Gasteiger partial charge in [-0.25, -0.2) is 8.42 Å². The first-order valence-electron chi connectivity index (χ1n) is 7.86. The highest BCUT2D eigenvalue weighted by Crippen LogP contribution is 2.23. The molecule has 0 saturated heterocycles. The van der Waals surface area contributed by atoms with Crippen LogP contribution in [0, 0.1) is 5.92 Å². The molecule has 1 saturated carbocycles. The van der Waals surface area contributed by atoms with Gasteiger partial charge in [-0.3, -0.25) is 9.10 Å². The average Bonchev–Trinajstić information content (AvgIpc) is 2.50. The normalized spacial score (nSPS) is 16.1. The summed E-state index contributed by atoms with van der Waals surface area (Å²) in [5.41, 5.74) is 0.396. The van der Waals surface area contributed by atoms with E-state index in [1.165, 1.54) is 25.3 Å². The molecule has 0 radical (unpaired) electrons. The molecule has 1 aliphatic rings. The van der Waals surface area contributed by atoms with Gasteiger partial charge in [0.2, 0.25) is 15.9 Å². The highest BCUT2D eigenvalue weighted by molar-refractivity contribution is 7.92. The van der Waals surface area contributed by atoms with Crippen molar-refractivity contribution >= 4 is 33.2 Å². The third kappa shape index (κ3) is 5.70. The van der Waals surface area contributed by atoms with Gasteiger partial charge in [-0.15, -0.1) is 0 Å². The van der Waals surface area contributed by atoms with E-state index in [0.29, 0.717) is 23.2 Å². The van der Waals surface area contributed by atoms with E-state index in [4.69, 9.17) is 11.6 Å². The number of hydrogen-bond donors (Lipinski definition) is 1. The second-order valence-corrected chi connectivity index (χ2v) is 8.40. The molecule has 0 atom stereocenters. The van der Waals surface area contributed by atoms with Gasteiger partial charge >= 0.3 is 0 Å². The van der Waals surface area contributed by atoms with Crippen molar-refractivity contribution in [1.29, 1.82) is 0 Å². The molecule has 1 fully saturated rings. The van der Waals surface area contributed by atoms with Gasteiger partial charge in [-0.05, 0) is 37.0 Å². The summed E-state index contributed by atoms with van der Waals surface area (Å²) in [6.07, 6.45) is 7.02. The van der Waals surface area contributed by atoms with Crippen LogP contribution in [0.2, 0.25) is 5.02 Å². The highest BCUT2D eigenvalue weighted by atomic mass is 35.5. The lowest BCUT2D eigenvalue weighted by atomic mass is 9.89. The lowest BCUT2D eigenvalue weighted by Crippen LogP contribution is -2.41. The summed E-state index contributed by atoms with van der Waals surface area (Å²) in [6, 6.07) is 6.49. The molecule has 1 amide bonds. The zero-order valence-electron chi connectivity index (χ0n) is 13.3. The predicted octanol–water partition coefficient (Wildman–Crippen LogP) is 2.80. The largest absolute Gasteiger partial charge is 0.354 e. The molecule has 128 valence electrons. The molecule has 0 heterocycles. The quantitative estimate of drug-likeness (QED) is 0.850. The molecule has 1 N–H and O–H groups in total. The van der Waals surface area contributed by atoms with Crippen LogP contribution in [0.5, 0.6) is 0 Å². The Morgan fingerprint density at radius 2 is 2.00 bits per heavy atom. The SMILES string of the molecule is CS(=O)(=O)N(CC(=O)NCC1CCCCC1)c1cccc(Cl)c1. The van der Waals surface area contributed by atoms with Crippen LogP contribution < -0.4 is 9.62 Å². The van der Waals surface area contributed by atoms with E-state index < -0.39 is 10.0 Å². The minimum absolute atomic E-state index is 0.230. The van der Waals surface area contributed by atoms with Crippen molar-refractivity contribution in [3.8, 4) is 0 Å². The first-order valence-corrected chi connectivity index (χ1v) is 10.1. The molecule has 1 aromatic carbocycles. The molecule has 0 bridgehead atoms. The van der Waals surface area contributed by atoms with Gasteiger partial charge in [-0.2, -0.15) is 0 Å². The highest BCUT2D eigenvalue weighted by Gasteiger charge is 2.22. The molecule has 7 heteroatoms. The molecule has 5 nitrogen and oxygen atoms in total. The van der Waals surface area contributed by atoms with Gasteiger partial charge < -0.3 is 5.32 Å². The molecule has 0 aromatic heterocycles. The van der Waals surface area contributed by atoms with E-state index in [1.807, 2.05) is 0 Å². The Hall–Kier alpha value is -1.27. The lowest BCUT2D eigenvalue weighted by Gasteiger charge is -2.24. The molecule has 1 aliphatic carbocycles. The van der Waals surface area contributed by atoms with Crippen molar-refractivity contribution in [1.82, 2.24) is 5.32 Å². The lowest BCUT2D eigenvalue weighted by molar-refractivity contribution is -0.119. The number of carbonyl (C=O) groups is 1. The number of hydrogen-bond acceptors (Lipinski definition) is 3. The van der Waals surface area contributed by atoms with Crippen molar-refractivity contribution in [3.63, 3.8) is 0 Å². The van der Waals surface area contributed by atoms with E-state index in [2.05, 4.69) is 5.32 Å². The number of carbonyl (C=O) groups excluding carboxylic acids is 1. The average molecular weight is 359 g/mol. The monoisotopic (exact) mass is 358 g/mol. The van der Waals surface area contributed by atoms with Gasteiger partial charge in [0, 0.05) is 11.6 Å². The van der Waals surface area contributed by atoms with Gasteiger partial charge in [0.1, 0.15) is 6.54 Å². The van der Waals surface area contributed by atoms with Crippen molar-refractivity contribution in [2.45, 2.75) is 32.1 Å². The smallest absolute Gasteiger partial charge is 0.240 e. The Kier molecular flexibility index (Phi) is 6.30. The zero-order chi connectivity index (χ0) is 16.9. The predicted molar refractivity (Wildman–Crippen MR) is 93.2 cm³/mol. The van der Waals surface area contributed by atoms with E-state index in [1.54, 1.807) is 18.2 Å². The summed E-state index contributed by atoms with van der Waals surface area (Å²) < 4.78 is 25.1. The molecule has 23 heavy (non-hydrogen) atoms. The van der Waals surface area contributed by atoms with Crippen molar-refractivity contribution in [2.75, 3.05) is 23.7 Å². The molecule has 0 unspecified atom stereocenters. The number of anilines is 1. The van der Waals surface area contributed by atoms with Crippen LogP contribution in [0.3, 0.4) is 0 Å². The van der Waals surface area contributed by atoms with Crippen LogP contribution >= 0.6 is 11.6 Å². The number of nitrogens with zero attached hydrogens (tertiary/aromatic N) is 1. The first kappa shape index (κ1) is 18.1. The summed E-state index contributed by atoms with van der Waals surface area (Å²) in [5, 5.41) is 3.29. The van der Waals surface area contributed by atoms with E-state index in [-0.39, 0.29) is 12.5 Å². The fraction of sp³-hybridized carbons (Fsp3) is 0.562. The number of halogens is 1. The third-order valence-corrected chi connectivity index (χ3v) is 5.47. The Morgan fingerprint density at radius 3 is 2.61 bits per heavy atom. The second-order valence-electron chi connectivity index (χ2n) is 6.06. The summed E-state index contributed by atoms with van der Waals surface area (Å²) >= 11 is 5.92. The van der Waals surface area contributed by atoms with Crippen molar-refractivity contribution in [3.05, 3.63) is 29.3 Å². The topological polar surface area (TPSA) is 66.5 Å². The van der Waals surface area contributed by atoms with E-state index in [0.717, 1.165) is 23.4 Å². The van der Waals surface area contributed by atoms with Gasteiger partial charge in [-0.1, -0.05) is 36.9 Å². The van der Waals surface area contributed by atoms with Gasteiger partial charge in [0.25, 0.3) is 0 Å². The standard InChI is InChI=1S/C16H23ClN2O3S/c1-23(21,22)19(15-9-5-8-14(17)10-15)12-16(20)18-11-13-6-3-2-4-7-13/h5,8-10,13H,2-4,6-7,11-12H2,1H3,(H,18,20). The fourth-order valence-electron chi connectivity index (χ4n) is 2.87. The minimum Gasteiger partial charge on any atom is -0.354 e. The first-order chi connectivity index (χ1) is 10.9. The van der Waals surface area contributed by atoms with Crippen molar-refractivity contribution in [2.24, 2.45) is 5.92 Å². The molecule has 0 aliphatic heterocycles. The number of nitrogens with one attached hydrogen (secondary N) is 1. The third-order valence-electron chi connectivity index (χ3n) is 4.10. The minimum atomic E-state index is -3.56. The second kappa shape index (κ2) is 8.02. The summed E-state index contributed by atoms with van der Waals surface area (Å²) in [4.78, 5) is 12.2. The number of sulfonamides is 1. The van der Waals surface area contributed by atoms with Gasteiger partial charge in [0.05, 0.1) is 11.9 Å².